The summed E-state index contributed by atoms with van der Waals surface area (Å²) in [4.78, 5) is 7.20. The van der Waals surface area contributed by atoms with E-state index in [9.17, 15) is 10.5 Å². The number of nitrogens with zero attached hydrogens (tertiary/aromatic N) is 2. The summed E-state index contributed by atoms with van der Waals surface area (Å²) >= 11 is 3.77. The lowest BCUT2D eigenvalue weighted by atomic mass is 10.1. The zero-order valence-corrected chi connectivity index (χ0v) is 23.4. The fourth-order valence-electron chi connectivity index (χ4n) is 5.68. The average molecular weight is 555 g/mol. The van der Waals surface area contributed by atoms with Gasteiger partial charge in [-0.3, -0.25) is 0 Å². The van der Waals surface area contributed by atoms with Gasteiger partial charge in [0.1, 0.15) is 17.7 Å². The van der Waals surface area contributed by atoms with E-state index < -0.39 is 10.0 Å². The molecule has 3 heterocycles. The molecular weight excluding hydrogens is 533 g/mol. The average Bonchev–Trinajstić information content (AvgIpc) is 3.64. The van der Waals surface area contributed by atoms with Gasteiger partial charge < -0.3 is 0 Å². The first-order valence-electron chi connectivity index (χ1n) is 12.7. The van der Waals surface area contributed by atoms with E-state index in [0.29, 0.717) is 0 Å². The first-order chi connectivity index (χ1) is 19.2. The normalized spacial score (nSPS) is 17.1. The Labute approximate surface area is 237 Å². The fraction of sp³-hybridized carbons (Fsp3) is 0.0588. The van der Waals surface area contributed by atoms with Crippen LogP contribution in [-0.2, 0) is 6.42 Å². The number of thiophene rings is 2. The first kappa shape index (κ1) is 23.9. The summed E-state index contributed by atoms with van der Waals surface area (Å²) in [5.74, 6) is 1.04. The van der Waals surface area contributed by atoms with Crippen LogP contribution >= 0.6 is 32.7 Å². The standard InChI is InChI=1S/C34H22N2S3/c35-21-25(22-36)19-24-15-16-28-30(20-24)38-32-31-33(27-13-7-8-14-29(27)37-31)39(34(28)32,26-11-5-2-6-12-26)18-17-23-9-3-1-4-10-23/h1-16,19-20H,17-18H2. The van der Waals surface area contributed by atoms with Crippen LogP contribution in [0.4, 0.5) is 0 Å². The van der Waals surface area contributed by atoms with Crippen LogP contribution in [0.25, 0.3) is 36.0 Å². The molecule has 5 heteroatoms. The molecule has 7 rings (SSSR count). The smallest absolute Gasteiger partial charge is 0.130 e. The molecule has 0 spiro atoms. The molecule has 1 unspecified atom stereocenters. The molecule has 2 aromatic heterocycles. The van der Waals surface area contributed by atoms with Crippen molar-refractivity contribution in [2.24, 2.45) is 0 Å². The summed E-state index contributed by atoms with van der Waals surface area (Å²) in [7, 11) is -1.57. The Bertz CT molecular complexity index is 1970. The van der Waals surface area contributed by atoms with E-state index in [1.807, 2.05) is 34.8 Å². The highest BCUT2D eigenvalue weighted by Gasteiger charge is 2.45. The van der Waals surface area contributed by atoms with E-state index in [-0.39, 0.29) is 5.57 Å². The summed E-state index contributed by atoms with van der Waals surface area (Å²) < 4.78 is 2.55. The van der Waals surface area contributed by atoms with E-state index in [1.165, 1.54) is 50.2 Å². The van der Waals surface area contributed by atoms with Crippen molar-refractivity contribution in [3.63, 3.8) is 0 Å². The third-order valence-electron chi connectivity index (χ3n) is 7.36. The van der Waals surface area contributed by atoms with Crippen molar-refractivity contribution in [1.82, 2.24) is 0 Å². The van der Waals surface area contributed by atoms with Crippen molar-refractivity contribution < 1.29 is 0 Å². The number of aryl methyl sites for hydroxylation is 1. The summed E-state index contributed by atoms with van der Waals surface area (Å²) in [6.45, 7) is 0. The number of benzene rings is 4. The molecule has 2 nitrogen and oxygen atoms in total. The van der Waals surface area contributed by atoms with Crippen LogP contribution in [0, 0.1) is 22.7 Å². The molecule has 4 aromatic carbocycles. The zero-order valence-electron chi connectivity index (χ0n) is 20.9. The third-order valence-corrected chi connectivity index (χ3v) is 14.2. The van der Waals surface area contributed by atoms with Crippen molar-refractivity contribution in [1.29, 1.82) is 10.5 Å². The minimum atomic E-state index is -1.57. The van der Waals surface area contributed by atoms with E-state index in [0.717, 1.165) is 17.7 Å². The lowest BCUT2D eigenvalue weighted by Gasteiger charge is -2.39. The number of allylic oxidation sites excluding steroid dienone is 1. The van der Waals surface area contributed by atoms with Crippen molar-refractivity contribution in [3.05, 3.63) is 120 Å². The predicted molar refractivity (Wildman–Crippen MR) is 166 cm³/mol. The molecular formula is C34H22N2S3. The van der Waals surface area contributed by atoms with Gasteiger partial charge in [-0.1, -0.05) is 78.9 Å². The molecule has 0 bridgehead atoms. The molecule has 0 fully saturated rings. The molecule has 6 aromatic rings. The van der Waals surface area contributed by atoms with Crippen LogP contribution in [0.1, 0.15) is 11.1 Å². The maximum Gasteiger partial charge on any atom is 0.130 e. The summed E-state index contributed by atoms with van der Waals surface area (Å²) in [5.41, 5.74) is 2.38. The largest absolute Gasteiger partial charge is 0.192 e. The van der Waals surface area contributed by atoms with Gasteiger partial charge in [-0.25, -0.2) is 0 Å². The molecule has 0 saturated heterocycles. The summed E-state index contributed by atoms with van der Waals surface area (Å²) in [6.07, 6.45) is 2.68. The summed E-state index contributed by atoms with van der Waals surface area (Å²) in [5, 5.41) is 21.3. The lowest BCUT2D eigenvalue weighted by molar-refractivity contribution is 1.13. The Morgan fingerprint density at radius 2 is 1.31 bits per heavy atom. The van der Waals surface area contributed by atoms with Crippen LogP contribution in [0.2, 0.25) is 0 Å². The highest BCUT2D eigenvalue weighted by Crippen LogP contribution is 2.81. The SMILES string of the molecule is N#CC(C#N)=Cc1ccc2c3c(sc2c1)-c1sc2ccccc2c1S3(CCc1ccccc1)c1ccccc1. The molecule has 0 aliphatic carbocycles. The zero-order chi connectivity index (χ0) is 26.4. The molecule has 0 amide bonds. The second kappa shape index (κ2) is 9.56. The molecule has 0 saturated carbocycles. The number of nitriles is 2. The van der Waals surface area contributed by atoms with E-state index in [4.69, 9.17) is 0 Å². The first-order valence-corrected chi connectivity index (χ1v) is 16.2. The van der Waals surface area contributed by atoms with Gasteiger partial charge >= 0.3 is 0 Å². The minimum absolute atomic E-state index is 0.123. The van der Waals surface area contributed by atoms with Gasteiger partial charge in [0.15, 0.2) is 0 Å². The van der Waals surface area contributed by atoms with Gasteiger partial charge in [-0.15, -0.1) is 22.7 Å². The maximum absolute atomic E-state index is 9.29. The van der Waals surface area contributed by atoms with Crippen molar-refractivity contribution in [3.8, 4) is 21.9 Å². The van der Waals surface area contributed by atoms with Gasteiger partial charge in [-0.05, 0) is 58.5 Å². The maximum atomic E-state index is 9.29. The lowest BCUT2D eigenvalue weighted by Crippen LogP contribution is -2.08. The Hall–Kier alpha value is -4.13. The molecule has 0 N–H and O–H groups in total. The quantitative estimate of drug-likeness (QED) is 0.199. The van der Waals surface area contributed by atoms with E-state index in [1.54, 1.807) is 6.08 Å². The van der Waals surface area contributed by atoms with E-state index in [2.05, 4.69) is 103 Å². The predicted octanol–water partition coefficient (Wildman–Crippen LogP) is 10.1. The molecule has 1 aliphatic rings. The van der Waals surface area contributed by atoms with Gasteiger partial charge in [0.2, 0.25) is 0 Å². The van der Waals surface area contributed by atoms with Crippen molar-refractivity contribution in [2.75, 3.05) is 5.75 Å². The van der Waals surface area contributed by atoms with Crippen LogP contribution in [-0.4, -0.2) is 5.75 Å². The Morgan fingerprint density at radius 3 is 2.03 bits per heavy atom. The van der Waals surface area contributed by atoms with Gasteiger partial charge in [0.05, 0.1) is 9.75 Å². The molecule has 1 atom stereocenters. The van der Waals surface area contributed by atoms with Gasteiger partial charge in [-0.2, -0.15) is 20.6 Å². The van der Waals surface area contributed by atoms with Crippen LogP contribution in [0.15, 0.2) is 123 Å². The highest BCUT2D eigenvalue weighted by molar-refractivity contribution is 8.34. The van der Waals surface area contributed by atoms with Crippen molar-refractivity contribution >= 4 is 58.9 Å². The molecule has 1 aliphatic heterocycles. The second-order valence-corrected chi connectivity index (χ2v) is 14.8. The number of rotatable bonds is 5. The Morgan fingerprint density at radius 1 is 0.692 bits per heavy atom. The Balaban J connectivity index is 1.54. The van der Waals surface area contributed by atoms with Crippen molar-refractivity contribution in [2.45, 2.75) is 21.1 Å². The van der Waals surface area contributed by atoms with Crippen LogP contribution in [0.5, 0.6) is 0 Å². The topological polar surface area (TPSA) is 47.6 Å². The Kier molecular flexibility index (Phi) is 5.87. The second-order valence-electron chi connectivity index (χ2n) is 9.55. The fourth-order valence-corrected chi connectivity index (χ4v) is 13.9. The highest BCUT2D eigenvalue weighted by atomic mass is 32.3. The van der Waals surface area contributed by atoms with Gasteiger partial charge in [0, 0.05) is 30.0 Å². The van der Waals surface area contributed by atoms with Crippen LogP contribution < -0.4 is 0 Å². The monoisotopic (exact) mass is 554 g/mol. The van der Waals surface area contributed by atoms with Gasteiger partial charge in [0.25, 0.3) is 0 Å². The molecule has 186 valence electrons. The van der Waals surface area contributed by atoms with E-state index >= 15 is 0 Å². The van der Waals surface area contributed by atoms with Crippen LogP contribution in [0.3, 0.4) is 0 Å². The molecule has 39 heavy (non-hydrogen) atoms. The molecule has 0 radical (unpaired) electrons. The third kappa shape index (κ3) is 3.74. The number of fused-ring (bicyclic) bond motifs is 7. The number of hydrogen-bond acceptors (Lipinski definition) is 4. The number of hydrogen-bond donors (Lipinski definition) is 0. The minimum Gasteiger partial charge on any atom is -0.192 e. The summed E-state index contributed by atoms with van der Waals surface area (Å²) in [6, 6.07) is 41.3.